The molecule has 6 nitrogen and oxygen atoms in total. The number of carbonyl (C=O) groups is 2. The van der Waals surface area contributed by atoms with E-state index in [4.69, 9.17) is 4.74 Å². The Hall–Kier alpha value is -1.40. The summed E-state index contributed by atoms with van der Waals surface area (Å²) in [5.41, 5.74) is 0. The van der Waals surface area contributed by atoms with Crippen LogP contribution in [0.5, 0.6) is 0 Å². The summed E-state index contributed by atoms with van der Waals surface area (Å²) in [6, 6.07) is -0.538. The molecule has 0 spiro atoms. The Labute approximate surface area is 431 Å². The molecule has 0 rings (SSSR count). The molecule has 0 saturated carbocycles. The van der Waals surface area contributed by atoms with Gasteiger partial charge in [0, 0.05) is 12.8 Å². The van der Waals surface area contributed by atoms with E-state index in [9.17, 15) is 19.8 Å². The monoisotopic (exact) mass is 974 g/mol. The van der Waals surface area contributed by atoms with E-state index in [-0.39, 0.29) is 18.5 Å². The lowest BCUT2D eigenvalue weighted by molar-refractivity contribution is -0.143. The van der Waals surface area contributed by atoms with Crippen molar-refractivity contribution in [2.45, 2.75) is 366 Å². The maximum absolute atomic E-state index is 12.4. The van der Waals surface area contributed by atoms with Crippen LogP contribution >= 0.6 is 0 Å². The molecule has 0 aromatic heterocycles. The zero-order valence-electron chi connectivity index (χ0n) is 46.8. The summed E-state index contributed by atoms with van der Waals surface area (Å²) < 4.78 is 5.48. The SMILES string of the molecule is CCCCCCCCCCCCCCC(=O)OCCCCCCCCCCCCCC/C=C\CCCCCCCCCCCCCCCC(=O)NC(CO)C(O)CCCCCCCCCCCCC. The van der Waals surface area contributed by atoms with E-state index in [1.807, 2.05) is 0 Å². The second-order valence-electron chi connectivity index (χ2n) is 21.7. The quantitative estimate of drug-likeness (QED) is 0.0321. The van der Waals surface area contributed by atoms with Crippen LogP contribution in [-0.4, -0.2) is 47.4 Å². The third-order valence-corrected chi connectivity index (χ3v) is 14.8. The Morgan fingerprint density at radius 3 is 1.03 bits per heavy atom. The number of aliphatic hydroxyl groups excluding tert-OH is 2. The molecule has 0 aromatic carbocycles. The van der Waals surface area contributed by atoms with Gasteiger partial charge in [-0.1, -0.05) is 302 Å². The van der Waals surface area contributed by atoms with Crippen molar-refractivity contribution in [2.75, 3.05) is 13.2 Å². The van der Waals surface area contributed by atoms with Gasteiger partial charge in [-0.3, -0.25) is 9.59 Å². The van der Waals surface area contributed by atoms with Crippen molar-refractivity contribution in [2.24, 2.45) is 0 Å². The molecule has 3 N–H and O–H groups in total. The predicted molar refractivity (Wildman–Crippen MR) is 301 cm³/mol. The molecule has 0 bridgehead atoms. The average Bonchev–Trinajstić information content (AvgIpc) is 3.35. The number of ether oxygens (including phenoxy) is 1. The van der Waals surface area contributed by atoms with Crippen molar-refractivity contribution in [1.82, 2.24) is 5.32 Å². The molecule has 0 aliphatic rings. The summed E-state index contributed by atoms with van der Waals surface area (Å²) in [5.74, 6) is -0.0159. The van der Waals surface area contributed by atoms with Crippen LogP contribution in [0.4, 0.5) is 0 Å². The highest BCUT2D eigenvalue weighted by Gasteiger charge is 2.20. The standard InChI is InChI=1S/C63H123NO5/c1-3-5-7-9-11-13-15-37-41-45-49-53-57-63(68)69-58-54-50-46-42-38-34-32-30-28-26-24-22-20-18-16-17-19-21-23-25-27-29-31-33-36-40-44-48-52-56-62(67)64-60(59-65)61(66)55-51-47-43-39-35-14-12-10-8-6-4-2/h16,18,60-61,65-66H,3-15,17,19-59H2,1-2H3,(H,64,67)/b18-16-. The maximum atomic E-state index is 12.4. The normalized spacial score (nSPS) is 12.6. The minimum atomic E-state index is -0.661. The molecule has 0 aromatic rings. The van der Waals surface area contributed by atoms with Crippen LogP contribution in [0.25, 0.3) is 0 Å². The van der Waals surface area contributed by atoms with E-state index in [1.54, 1.807) is 0 Å². The van der Waals surface area contributed by atoms with Crippen molar-refractivity contribution in [3.05, 3.63) is 12.2 Å². The third kappa shape index (κ3) is 55.8. The molecule has 2 unspecified atom stereocenters. The molecular weight excluding hydrogens is 851 g/mol. The fraction of sp³-hybridized carbons (Fsp3) is 0.937. The van der Waals surface area contributed by atoms with Crippen LogP contribution in [0, 0.1) is 0 Å². The molecule has 69 heavy (non-hydrogen) atoms. The van der Waals surface area contributed by atoms with Crippen LogP contribution in [0.3, 0.4) is 0 Å². The lowest BCUT2D eigenvalue weighted by Crippen LogP contribution is -2.45. The number of amides is 1. The Morgan fingerprint density at radius 1 is 0.391 bits per heavy atom. The minimum Gasteiger partial charge on any atom is -0.466 e. The first-order valence-electron chi connectivity index (χ1n) is 31.4. The topological polar surface area (TPSA) is 95.9 Å². The number of hydrogen-bond donors (Lipinski definition) is 3. The zero-order valence-corrected chi connectivity index (χ0v) is 46.8. The van der Waals surface area contributed by atoms with Crippen molar-refractivity contribution in [1.29, 1.82) is 0 Å². The van der Waals surface area contributed by atoms with E-state index in [0.717, 1.165) is 38.5 Å². The van der Waals surface area contributed by atoms with Crippen molar-refractivity contribution >= 4 is 11.9 Å². The highest BCUT2D eigenvalue weighted by Crippen LogP contribution is 2.18. The number of nitrogens with one attached hydrogen (secondary N) is 1. The summed E-state index contributed by atoms with van der Waals surface area (Å²) in [7, 11) is 0. The lowest BCUT2D eigenvalue weighted by Gasteiger charge is -2.22. The predicted octanol–water partition coefficient (Wildman–Crippen LogP) is 19.6. The van der Waals surface area contributed by atoms with Crippen molar-refractivity contribution in [3.8, 4) is 0 Å². The smallest absolute Gasteiger partial charge is 0.305 e. The first kappa shape index (κ1) is 67.6. The van der Waals surface area contributed by atoms with Gasteiger partial charge in [0.25, 0.3) is 0 Å². The first-order chi connectivity index (χ1) is 34.0. The van der Waals surface area contributed by atoms with Gasteiger partial charge in [0.15, 0.2) is 0 Å². The maximum Gasteiger partial charge on any atom is 0.305 e. The molecule has 6 heteroatoms. The first-order valence-corrected chi connectivity index (χ1v) is 31.4. The molecule has 0 heterocycles. The van der Waals surface area contributed by atoms with Gasteiger partial charge >= 0.3 is 5.97 Å². The summed E-state index contributed by atoms with van der Waals surface area (Å²) in [6.07, 6.45) is 71.0. The Balaban J connectivity index is 3.34. The molecule has 2 atom stereocenters. The number of aliphatic hydroxyl groups is 2. The number of unbranched alkanes of at least 4 members (excludes halogenated alkanes) is 46. The van der Waals surface area contributed by atoms with Crippen LogP contribution in [0.1, 0.15) is 354 Å². The van der Waals surface area contributed by atoms with E-state index in [1.165, 1.54) is 283 Å². The van der Waals surface area contributed by atoms with Crippen LogP contribution in [0.15, 0.2) is 12.2 Å². The second kappa shape index (κ2) is 59.2. The molecule has 410 valence electrons. The minimum absolute atomic E-state index is 0.0176. The molecule has 0 radical (unpaired) electrons. The lowest BCUT2D eigenvalue weighted by atomic mass is 10.0. The highest BCUT2D eigenvalue weighted by molar-refractivity contribution is 5.76. The fourth-order valence-corrected chi connectivity index (χ4v) is 9.99. The van der Waals surface area contributed by atoms with E-state index in [0.29, 0.717) is 25.9 Å². The fourth-order valence-electron chi connectivity index (χ4n) is 9.99. The Kier molecular flexibility index (Phi) is 58.0. The molecule has 0 aliphatic heterocycles. The van der Waals surface area contributed by atoms with E-state index >= 15 is 0 Å². The molecule has 0 saturated heterocycles. The third-order valence-electron chi connectivity index (χ3n) is 14.8. The zero-order chi connectivity index (χ0) is 50.0. The number of esters is 1. The molecule has 1 amide bonds. The molecular formula is C63H123NO5. The molecule has 0 aliphatic carbocycles. The van der Waals surface area contributed by atoms with E-state index in [2.05, 4.69) is 31.3 Å². The van der Waals surface area contributed by atoms with Gasteiger partial charge in [-0.2, -0.15) is 0 Å². The van der Waals surface area contributed by atoms with Crippen molar-refractivity contribution < 1.29 is 24.5 Å². The van der Waals surface area contributed by atoms with E-state index < -0.39 is 12.1 Å². The second-order valence-corrected chi connectivity index (χ2v) is 21.7. The number of rotatable bonds is 59. The summed E-state index contributed by atoms with van der Waals surface area (Å²) in [6.45, 7) is 4.96. The van der Waals surface area contributed by atoms with Crippen LogP contribution < -0.4 is 5.32 Å². The summed E-state index contributed by atoms with van der Waals surface area (Å²) in [4.78, 5) is 24.5. The van der Waals surface area contributed by atoms with Crippen molar-refractivity contribution in [3.63, 3.8) is 0 Å². The molecule has 0 fully saturated rings. The van der Waals surface area contributed by atoms with Gasteiger partial charge in [-0.15, -0.1) is 0 Å². The highest BCUT2D eigenvalue weighted by atomic mass is 16.5. The van der Waals surface area contributed by atoms with Gasteiger partial charge in [-0.25, -0.2) is 0 Å². The van der Waals surface area contributed by atoms with Gasteiger partial charge in [0.2, 0.25) is 5.91 Å². The average molecular weight is 975 g/mol. The number of hydrogen-bond acceptors (Lipinski definition) is 5. The van der Waals surface area contributed by atoms with Gasteiger partial charge < -0.3 is 20.3 Å². The summed E-state index contributed by atoms with van der Waals surface area (Å²) in [5, 5.41) is 23.2. The van der Waals surface area contributed by atoms with Gasteiger partial charge in [0.1, 0.15) is 0 Å². The Morgan fingerprint density at radius 2 is 0.681 bits per heavy atom. The largest absolute Gasteiger partial charge is 0.466 e. The Bertz CT molecular complexity index is 1030. The van der Waals surface area contributed by atoms with Crippen LogP contribution in [0.2, 0.25) is 0 Å². The summed E-state index contributed by atoms with van der Waals surface area (Å²) >= 11 is 0. The number of carbonyl (C=O) groups excluding carboxylic acids is 2. The number of allylic oxidation sites excluding steroid dienone is 2. The van der Waals surface area contributed by atoms with Gasteiger partial charge in [-0.05, 0) is 51.4 Å². The van der Waals surface area contributed by atoms with Gasteiger partial charge in [0.05, 0.1) is 25.4 Å². The van der Waals surface area contributed by atoms with Crippen LogP contribution in [-0.2, 0) is 14.3 Å².